The van der Waals surface area contributed by atoms with Gasteiger partial charge in [-0.2, -0.15) is 0 Å². The van der Waals surface area contributed by atoms with Crippen molar-refractivity contribution < 1.29 is 35.9 Å². The van der Waals surface area contributed by atoms with Crippen molar-refractivity contribution in [1.82, 2.24) is 0 Å². The molecule has 2 aliphatic heterocycles. The van der Waals surface area contributed by atoms with E-state index in [4.69, 9.17) is 74.0 Å². The SMILES string of the molecule is Fc1ccc(OP2(=S)OCC3(CO2)COP(=S)(Oc2ccc(F)cc2Cl)OC3)c(Cl)c1. The molecule has 0 amide bonds. The topological polar surface area (TPSA) is 55.4 Å². The zero-order valence-electron chi connectivity index (χ0n) is 15.5. The molecule has 0 N–H and O–H groups in total. The van der Waals surface area contributed by atoms with Gasteiger partial charge in [0.2, 0.25) is 0 Å². The van der Waals surface area contributed by atoms with Crippen LogP contribution in [-0.4, -0.2) is 26.4 Å². The van der Waals surface area contributed by atoms with Crippen LogP contribution in [0.2, 0.25) is 10.0 Å². The molecule has 6 nitrogen and oxygen atoms in total. The molecule has 2 saturated heterocycles. The first-order valence-corrected chi connectivity index (χ1v) is 14.5. The fourth-order valence-electron chi connectivity index (χ4n) is 2.63. The zero-order valence-corrected chi connectivity index (χ0v) is 20.4. The van der Waals surface area contributed by atoms with Gasteiger partial charge in [-0.05, 0) is 36.4 Å². The molecule has 0 atom stereocenters. The summed E-state index contributed by atoms with van der Waals surface area (Å²) in [5.41, 5.74) is -0.670. The maximum atomic E-state index is 13.2. The molecule has 0 aromatic heterocycles. The fourth-order valence-corrected chi connectivity index (χ4v) is 7.15. The summed E-state index contributed by atoms with van der Waals surface area (Å²) in [6.45, 7) is -5.83. The molecule has 0 saturated carbocycles. The lowest BCUT2D eigenvalue weighted by Crippen LogP contribution is -2.46. The number of rotatable bonds is 4. The second kappa shape index (κ2) is 9.11. The van der Waals surface area contributed by atoms with E-state index in [1.54, 1.807) is 0 Å². The van der Waals surface area contributed by atoms with E-state index in [9.17, 15) is 8.78 Å². The van der Waals surface area contributed by atoms with Crippen molar-refractivity contribution in [1.29, 1.82) is 0 Å². The van der Waals surface area contributed by atoms with E-state index < -0.39 is 30.5 Å². The Labute approximate surface area is 197 Å². The summed E-state index contributed by atoms with van der Waals surface area (Å²) in [7, 11) is 0. The Hall–Kier alpha value is -0.380. The average Bonchev–Trinajstić information content (AvgIpc) is 2.72. The standard InChI is InChI=1S/C17H14Cl2F2O6P2S2/c18-13-5-11(20)1-3-15(13)26-28(30)22-7-17(8-23-28)9-24-29(31,25-10-17)27-16-4-2-12(21)6-14(16)19/h1-6H,7-10H2. The third-order valence-corrected chi connectivity index (χ3v) is 9.25. The van der Waals surface area contributed by atoms with Gasteiger partial charge in [0.25, 0.3) is 0 Å². The van der Waals surface area contributed by atoms with Crippen LogP contribution in [0.1, 0.15) is 0 Å². The molecule has 0 bridgehead atoms. The van der Waals surface area contributed by atoms with Crippen molar-refractivity contribution in [2.75, 3.05) is 26.4 Å². The van der Waals surface area contributed by atoms with E-state index >= 15 is 0 Å². The lowest BCUT2D eigenvalue weighted by atomic mass is 9.93. The summed E-state index contributed by atoms with van der Waals surface area (Å²) in [4.78, 5) is 0. The highest BCUT2D eigenvalue weighted by Crippen LogP contribution is 2.60. The molecule has 4 rings (SSSR count). The summed E-state index contributed by atoms with van der Waals surface area (Å²) in [6, 6.07) is 7.29. The van der Waals surface area contributed by atoms with Crippen molar-refractivity contribution in [2.45, 2.75) is 0 Å². The van der Waals surface area contributed by atoms with E-state index in [0.29, 0.717) is 0 Å². The van der Waals surface area contributed by atoms with Crippen LogP contribution >= 0.6 is 36.6 Å². The van der Waals surface area contributed by atoms with E-state index in [2.05, 4.69) is 0 Å². The van der Waals surface area contributed by atoms with Crippen molar-refractivity contribution in [2.24, 2.45) is 5.41 Å². The maximum Gasteiger partial charge on any atom is 0.380 e. The van der Waals surface area contributed by atoms with Crippen molar-refractivity contribution >= 4 is 60.3 Å². The molecule has 1 spiro atoms. The molecule has 2 aromatic carbocycles. The molecule has 2 aromatic rings. The third-order valence-electron chi connectivity index (χ3n) is 4.32. The Kier molecular flexibility index (Phi) is 6.98. The van der Waals surface area contributed by atoms with Gasteiger partial charge in [-0.15, -0.1) is 0 Å². The quantitative estimate of drug-likeness (QED) is 0.415. The summed E-state index contributed by atoms with van der Waals surface area (Å²) in [5, 5.41) is 0.108. The van der Waals surface area contributed by atoms with Gasteiger partial charge in [-0.3, -0.25) is 18.1 Å². The van der Waals surface area contributed by atoms with Gasteiger partial charge >= 0.3 is 13.4 Å². The first kappa shape index (κ1) is 23.8. The lowest BCUT2D eigenvalue weighted by molar-refractivity contribution is -0.0689. The van der Waals surface area contributed by atoms with Gasteiger partial charge in [0, 0.05) is 23.6 Å². The van der Waals surface area contributed by atoms with Crippen LogP contribution in [0.25, 0.3) is 0 Å². The largest absolute Gasteiger partial charge is 0.423 e. The number of benzene rings is 2. The summed E-state index contributed by atoms with van der Waals surface area (Å²) >= 11 is 22.7. The molecule has 0 aliphatic carbocycles. The molecule has 0 radical (unpaired) electrons. The molecule has 2 aliphatic rings. The average molecular weight is 549 g/mol. The molecular weight excluding hydrogens is 535 g/mol. The number of hydrogen-bond donors (Lipinski definition) is 0. The molecule has 0 unspecified atom stereocenters. The first-order valence-electron chi connectivity index (χ1n) is 8.67. The number of hydrogen-bond acceptors (Lipinski definition) is 8. The minimum Gasteiger partial charge on any atom is -0.423 e. The summed E-state index contributed by atoms with van der Waals surface area (Å²) in [6.07, 6.45) is 0. The fraction of sp³-hybridized carbons (Fsp3) is 0.294. The Morgan fingerprint density at radius 1 is 0.742 bits per heavy atom. The van der Waals surface area contributed by atoms with Crippen LogP contribution in [0.3, 0.4) is 0 Å². The van der Waals surface area contributed by atoms with E-state index in [-0.39, 0.29) is 48.0 Å². The minimum atomic E-state index is -3.15. The van der Waals surface area contributed by atoms with E-state index in [1.807, 2.05) is 0 Å². The lowest BCUT2D eigenvalue weighted by Gasteiger charge is -2.43. The predicted octanol–water partition coefficient (Wildman–Crippen LogP) is 6.26. The van der Waals surface area contributed by atoms with E-state index in [1.165, 1.54) is 24.3 Å². The third kappa shape index (κ3) is 5.58. The van der Waals surface area contributed by atoms with Gasteiger partial charge in [0.1, 0.15) is 23.1 Å². The summed E-state index contributed by atoms with van der Waals surface area (Å²) < 4.78 is 60.5. The zero-order chi connectivity index (χ0) is 22.3. The highest BCUT2D eigenvalue weighted by molar-refractivity contribution is 8.08. The minimum absolute atomic E-state index is 0.0540. The van der Waals surface area contributed by atoms with Crippen LogP contribution in [0, 0.1) is 17.0 Å². The second-order valence-electron chi connectivity index (χ2n) is 6.82. The molecule has 168 valence electrons. The Morgan fingerprint density at radius 2 is 1.10 bits per heavy atom. The van der Waals surface area contributed by atoms with Crippen LogP contribution < -0.4 is 9.05 Å². The smallest absolute Gasteiger partial charge is 0.380 e. The molecule has 2 heterocycles. The summed E-state index contributed by atoms with van der Waals surface area (Å²) in [5.74, 6) is -0.679. The molecule has 31 heavy (non-hydrogen) atoms. The highest BCUT2D eigenvalue weighted by Gasteiger charge is 2.48. The van der Waals surface area contributed by atoms with Crippen LogP contribution in [0.15, 0.2) is 36.4 Å². The maximum absolute atomic E-state index is 13.2. The Bertz CT molecular complexity index is 995. The molecule has 2 fully saturated rings. The van der Waals surface area contributed by atoms with Gasteiger partial charge in [-0.1, -0.05) is 23.2 Å². The van der Waals surface area contributed by atoms with E-state index in [0.717, 1.165) is 12.1 Å². The van der Waals surface area contributed by atoms with Gasteiger partial charge in [0.05, 0.1) is 41.9 Å². The number of halogens is 4. The van der Waals surface area contributed by atoms with Gasteiger partial charge in [-0.25, -0.2) is 8.78 Å². The monoisotopic (exact) mass is 548 g/mol. The van der Waals surface area contributed by atoms with Crippen molar-refractivity contribution in [3.8, 4) is 11.5 Å². The predicted molar refractivity (Wildman–Crippen MR) is 119 cm³/mol. The molecule has 14 heteroatoms. The second-order valence-corrected chi connectivity index (χ2v) is 13.5. The Morgan fingerprint density at radius 3 is 1.42 bits per heavy atom. The van der Waals surface area contributed by atoms with Crippen LogP contribution in [-0.2, 0) is 41.7 Å². The van der Waals surface area contributed by atoms with Gasteiger partial charge < -0.3 is 9.05 Å². The normalized spacial score (nSPS) is 30.8. The van der Waals surface area contributed by atoms with Crippen LogP contribution in [0.5, 0.6) is 11.5 Å². The van der Waals surface area contributed by atoms with Crippen LogP contribution in [0.4, 0.5) is 8.78 Å². The highest BCUT2D eigenvalue weighted by atomic mass is 35.5. The molecular formula is C17H14Cl2F2O6P2S2. The Balaban J connectivity index is 1.36. The van der Waals surface area contributed by atoms with Gasteiger partial charge in [0.15, 0.2) is 0 Å². The van der Waals surface area contributed by atoms with Crippen molar-refractivity contribution in [3.05, 3.63) is 58.1 Å². The van der Waals surface area contributed by atoms with Crippen molar-refractivity contribution in [3.63, 3.8) is 0 Å². The first-order chi connectivity index (χ1) is 14.6.